The molecule has 0 radical (unpaired) electrons. The number of carbonyl (C=O) groups is 1. The Morgan fingerprint density at radius 3 is 2.83 bits per heavy atom. The van der Waals surface area contributed by atoms with Crippen LogP contribution in [-0.4, -0.2) is 40.3 Å². The molecule has 11 heteroatoms. The van der Waals surface area contributed by atoms with Crippen LogP contribution in [0.4, 0.5) is 8.78 Å². The second-order valence-corrected chi connectivity index (χ2v) is 8.73. The molecule has 1 aromatic carbocycles. The number of carbonyl (C=O) groups excluding carboxylic acids is 1. The lowest BCUT2D eigenvalue weighted by molar-refractivity contribution is 0.0133. The van der Waals surface area contributed by atoms with Crippen molar-refractivity contribution >= 4 is 29.1 Å². The number of nitrogens with zero attached hydrogens (tertiary/aromatic N) is 5. The Morgan fingerprint density at radius 1 is 1.45 bits per heavy atom. The molecule has 0 aliphatic rings. The van der Waals surface area contributed by atoms with Crippen molar-refractivity contribution in [3.63, 3.8) is 0 Å². The van der Waals surface area contributed by atoms with Crippen LogP contribution in [0.15, 0.2) is 47.3 Å². The number of thioether (sulfide) groups is 1. The summed E-state index contributed by atoms with van der Waals surface area (Å²) in [6, 6.07) is 3.00. The molecule has 2 aromatic heterocycles. The third-order valence-corrected chi connectivity index (χ3v) is 6.28. The van der Waals surface area contributed by atoms with Gasteiger partial charge in [0.2, 0.25) is 11.6 Å². The van der Waals surface area contributed by atoms with Gasteiger partial charge in [0.1, 0.15) is 29.9 Å². The maximum Gasteiger partial charge on any atom is 0.226 e. The van der Waals surface area contributed by atoms with E-state index in [4.69, 9.17) is 0 Å². The summed E-state index contributed by atoms with van der Waals surface area (Å²) < 4.78 is 33.7. The van der Waals surface area contributed by atoms with E-state index < -0.39 is 22.5 Å². The van der Waals surface area contributed by atoms with Crippen LogP contribution >= 0.6 is 23.3 Å². The normalized spacial score (nSPS) is 14.4. The van der Waals surface area contributed by atoms with Crippen molar-refractivity contribution in [2.24, 2.45) is 0 Å². The van der Waals surface area contributed by atoms with Gasteiger partial charge < -0.3 is 5.11 Å². The summed E-state index contributed by atoms with van der Waals surface area (Å²) in [6.45, 7) is 6.69. The van der Waals surface area contributed by atoms with Crippen molar-refractivity contribution in [3.8, 4) is 0 Å². The molecule has 0 unspecified atom stereocenters. The molecule has 3 rings (SSSR count). The molecular weight excluding hydrogens is 420 g/mol. The summed E-state index contributed by atoms with van der Waals surface area (Å²) in [5, 5.41) is 14.8. The van der Waals surface area contributed by atoms with Gasteiger partial charge in [0.25, 0.3) is 0 Å². The van der Waals surface area contributed by atoms with Gasteiger partial charge in [0.15, 0.2) is 4.34 Å². The highest BCUT2D eigenvalue weighted by atomic mass is 32.2. The minimum absolute atomic E-state index is 0.0185. The van der Waals surface area contributed by atoms with Gasteiger partial charge in [-0.2, -0.15) is 9.47 Å². The average molecular weight is 437 g/mol. The quantitative estimate of drug-likeness (QED) is 0.328. The zero-order chi connectivity index (χ0) is 21.2. The second-order valence-electron chi connectivity index (χ2n) is 6.39. The lowest BCUT2D eigenvalue weighted by Crippen LogP contribution is -2.41. The van der Waals surface area contributed by atoms with E-state index in [1.807, 2.05) is 0 Å². The van der Waals surface area contributed by atoms with Crippen LogP contribution in [0.3, 0.4) is 0 Å². The Hall–Kier alpha value is -2.50. The lowest BCUT2D eigenvalue weighted by atomic mass is 9.90. The lowest BCUT2D eigenvalue weighted by Gasteiger charge is -2.33. The van der Waals surface area contributed by atoms with Crippen molar-refractivity contribution in [3.05, 3.63) is 66.0 Å². The summed E-state index contributed by atoms with van der Waals surface area (Å²) in [5.74, 6) is -1.98. The molecule has 0 fully saturated rings. The van der Waals surface area contributed by atoms with Crippen LogP contribution < -0.4 is 0 Å². The van der Waals surface area contributed by atoms with Crippen LogP contribution in [0.1, 0.15) is 30.0 Å². The fraction of sp³-hybridized carbons (Fsp3) is 0.278. The first-order chi connectivity index (χ1) is 13.7. The number of allylic oxidation sites excluding steroid dienone is 1. The first-order valence-corrected chi connectivity index (χ1v) is 10.1. The number of ketones is 1. The number of hydrogen-bond acceptors (Lipinski definition) is 8. The molecule has 0 aliphatic heterocycles. The van der Waals surface area contributed by atoms with E-state index in [2.05, 4.69) is 26.0 Å². The Morgan fingerprint density at radius 2 is 2.21 bits per heavy atom. The number of aliphatic hydroxyl groups is 1. The van der Waals surface area contributed by atoms with Gasteiger partial charge in [-0.15, -0.1) is 0 Å². The SMILES string of the molecule is C=C(C)C(=O)c1nsc(S[C@H](C)[C@](O)(Cn2cncn2)c2ccc(F)cc2F)n1. The molecule has 0 bridgehead atoms. The number of halogens is 2. The van der Waals surface area contributed by atoms with Gasteiger partial charge in [-0.25, -0.2) is 23.4 Å². The Labute approximate surface area is 173 Å². The predicted octanol–water partition coefficient (Wildman–Crippen LogP) is 3.24. The molecule has 0 saturated carbocycles. The molecule has 29 heavy (non-hydrogen) atoms. The maximum atomic E-state index is 14.5. The number of aromatic nitrogens is 5. The van der Waals surface area contributed by atoms with E-state index in [1.54, 1.807) is 13.8 Å². The van der Waals surface area contributed by atoms with E-state index in [0.717, 1.165) is 29.4 Å². The first kappa shape index (κ1) is 21.2. The monoisotopic (exact) mass is 437 g/mol. The van der Waals surface area contributed by atoms with Crippen LogP contribution in [-0.2, 0) is 12.1 Å². The molecule has 2 atom stereocenters. The van der Waals surface area contributed by atoms with Crippen molar-refractivity contribution in [2.75, 3.05) is 0 Å². The van der Waals surface area contributed by atoms with Crippen molar-refractivity contribution < 1.29 is 18.7 Å². The number of benzene rings is 1. The zero-order valence-corrected chi connectivity index (χ0v) is 17.2. The van der Waals surface area contributed by atoms with Gasteiger partial charge in [-0.05, 0) is 37.0 Å². The summed E-state index contributed by atoms with van der Waals surface area (Å²) in [5.41, 5.74) is -1.55. The van der Waals surface area contributed by atoms with Crippen LogP contribution in [0, 0.1) is 11.6 Å². The van der Waals surface area contributed by atoms with E-state index in [9.17, 15) is 18.7 Å². The van der Waals surface area contributed by atoms with Gasteiger partial charge >= 0.3 is 0 Å². The fourth-order valence-electron chi connectivity index (χ4n) is 2.62. The first-order valence-electron chi connectivity index (χ1n) is 8.41. The van der Waals surface area contributed by atoms with E-state index in [0.29, 0.717) is 16.0 Å². The molecule has 7 nitrogen and oxygen atoms in total. The Kier molecular flexibility index (Phi) is 6.20. The Balaban J connectivity index is 1.93. The molecule has 1 N–H and O–H groups in total. The zero-order valence-electron chi connectivity index (χ0n) is 15.5. The second kappa shape index (κ2) is 8.47. The van der Waals surface area contributed by atoms with Crippen LogP contribution in [0.5, 0.6) is 0 Å². The standard InChI is InChI=1S/C18H17F2N5O2S2/c1-10(2)15(26)16-23-17(29-24-16)28-11(3)18(27,7-25-9-21-8-22-25)13-5-4-12(19)6-14(13)20/h4-6,8-9,11,27H,1,7H2,2-3H3/t11-,18-/m1/s1. The highest BCUT2D eigenvalue weighted by Crippen LogP contribution is 2.39. The van der Waals surface area contributed by atoms with E-state index in [1.165, 1.54) is 23.4 Å². The number of Topliss-reactive ketones (excluding diaryl/α,β-unsaturated/α-hetero) is 1. The van der Waals surface area contributed by atoms with Crippen molar-refractivity contribution in [2.45, 2.75) is 35.6 Å². The molecule has 0 amide bonds. The molecule has 3 aromatic rings. The molecule has 0 aliphatic carbocycles. The molecule has 0 spiro atoms. The number of rotatable bonds is 8. The molecule has 2 heterocycles. The van der Waals surface area contributed by atoms with Crippen molar-refractivity contribution in [1.29, 1.82) is 0 Å². The third kappa shape index (κ3) is 4.57. The summed E-state index contributed by atoms with van der Waals surface area (Å²) >= 11 is 2.11. The maximum absolute atomic E-state index is 14.5. The largest absolute Gasteiger partial charge is 0.382 e. The third-order valence-electron chi connectivity index (χ3n) is 4.22. The average Bonchev–Trinajstić information content (AvgIpc) is 3.32. The van der Waals surface area contributed by atoms with E-state index in [-0.39, 0.29) is 23.7 Å². The number of hydrogen-bond donors (Lipinski definition) is 1. The van der Waals surface area contributed by atoms with Gasteiger partial charge in [-0.1, -0.05) is 24.4 Å². The minimum atomic E-state index is -1.78. The summed E-state index contributed by atoms with van der Waals surface area (Å²) in [4.78, 5) is 20.0. The topological polar surface area (TPSA) is 93.8 Å². The highest BCUT2D eigenvalue weighted by molar-refractivity contribution is 8.01. The van der Waals surface area contributed by atoms with Crippen LogP contribution in [0.25, 0.3) is 0 Å². The van der Waals surface area contributed by atoms with Crippen LogP contribution in [0.2, 0.25) is 0 Å². The van der Waals surface area contributed by atoms with Gasteiger partial charge in [0.05, 0.1) is 6.54 Å². The predicted molar refractivity (Wildman–Crippen MR) is 105 cm³/mol. The molecule has 152 valence electrons. The fourth-order valence-corrected chi connectivity index (χ4v) is 4.59. The van der Waals surface area contributed by atoms with Gasteiger partial charge in [-0.3, -0.25) is 4.79 Å². The highest BCUT2D eigenvalue weighted by Gasteiger charge is 2.40. The smallest absolute Gasteiger partial charge is 0.226 e. The summed E-state index contributed by atoms with van der Waals surface area (Å²) in [7, 11) is 0. The summed E-state index contributed by atoms with van der Waals surface area (Å²) in [6.07, 6.45) is 2.68. The van der Waals surface area contributed by atoms with Crippen molar-refractivity contribution in [1.82, 2.24) is 24.1 Å². The molecule has 0 saturated heterocycles. The molecular formula is C18H17F2N5O2S2. The van der Waals surface area contributed by atoms with Gasteiger partial charge in [0, 0.05) is 16.9 Å². The Bertz CT molecular complexity index is 1040. The minimum Gasteiger partial charge on any atom is -0.382 e. The van der Waals surface area contributed by atoms with E-state index >= 15 is 0 Å².